The minimum Gasteiger partial charge on any atom is -0.312 e. The topological polar surface area (TPSA) is 55.6 Å². The fourth-order valence-electron chi connectivity index (χ4n) is 2.56. The zero-order chi connectivity index (χ0) is 13.1. The quantitative estimate of drug-likeness (QED) is 0.906. The summed E-state index contributed by atoms with van der Waals surface area (Å²) in [5, 5.41) is 12.3. The molecule has 3 heterocycles. The Kier molecular flexibility index (Phi) is 3.55. The van der Waals surface area contributed by atoms with Crippen molar-refractivity contribution in [3.63, 3.8) is 0 Å². The molecule has 1 N–H and O–H groups in total. The molecule has 0 aliphatic carbocycles. The van der Waals surface area contributed by atoms with Gasteiger partial charge in [-0.3, -0.25) is 4.98 Å². The highest BCUT2D eigenvalue weighted by atomic mass is 15.3. The highest BCUT2D eigenvalue weighted by Gasteiger charge is 2.25. The monoisotopic (exact) mass is 257 g/mol. The highest BCUT2D eigenvalue weighted by Crippen LogP contribution is 2.23. The number of rotatable bonds is 4. The van der Waals surface area contributed by atoms with Crippen LogP contribution in [-0.4, -0.2) is 26.3 Å². The minimum atomic E-state index is 0.139. The first kappa shape index (κ1) is 12.3. The standard InChI is InChI=1S/C14H19N5/c1-2-3-4-12-17-18-14-13(16-9-10-19(12)14)11-5-7-15-8-6-11/h5-8,13,16H,2-4,9-10H2,1H3. The summed E-state index contributed by atoms with van der Waals surface area (Å²) in [5.74, 6) is 2.15. The van der Waals surface area contributed by atoms with Crippen LogP contribution in [0.3, 0.4) is 0 Å². The van der Waals surface area contributed by atoms with Gasteiger partial charge in [0.1, 0.15) is 5.82 Å². The lowest BCUT2D eigenvalue weighted by atomic mass is 10.1. The van der Waals surface area contributed by atoms with Gasteiger partial charge in [-0.1, -0.05) is 13.3 Å². The maximum atomic E-state index is 4.40. The van der Waals surface area contributed by atoms with Gasteiger partial charge < -0.3 is 9.88 Å². The minimum absolute atomic E-state index is 0.139. The van der Waals surface area contributed by atoms with Crippen LogP contribution in [0.1, 0.15) is 43.0 Å². The van der Waals surface area contributed by atoms with Crippen molar-refractivity contribution >= 4 is 0 Å². The number of nitrogens with zero attached hydrogens (tertiary/aromatic N) is 4. The molecular formula is C14H19N5. The van der Waals surface area contributed by atoms with Crippen molar-refractivity contribution in [1.82, 2.24) is 25.1 Å². The third-order valence-electron chi connectivity index (χ3n) is 3.59. The Morgan fingerprint density at radius 3 is 2.95 bits per heavy atom. The summed E-state index contributed by atoms with van der Waals surface area (Å²) < 4.78 is 2.28. The highest BCUT2D eigenvalue weighted by molar-refractivity contribution is 5.24. The molecule has 0 saturated carbocycles. The first-order valence-corrected chi connectivity index (χ1v) is 6.95. The average Bonchev–Trinajstić information content (AvgIpc) is 2.89. The maximum Gasteiger partial charge on any atom is 0.154 e. The Morgan fingerprint density at radius 1 is 1.32 bits per heavy atom. The average molecular weight is 257 g/mol. The van der Waals surface area contributed by atoms with E-state index in [0.29, 0.717) is 0 Å². The summed E-state index contributed by atoms with van der Waals surface area (Å²) in [5.41, 5.74) is 1.20. The van der Waals surface area contributed by atoms with Crippen LogP contribution < -0.4 is 5.32 Å². The van der Waals surface area contributed by atoms with E-state index in [1.807, 2.05) is 24.5 Å². The molecule has 100 valence electrons. The Hall–Kier alpha value is -1.75. The van der Waals surface area contributed by atoms with Crippen molar-refractivity contribution in [2.45, 2.75) is 38.8 Å². The largest absolute Gasteiger partial charge is 0.312 e. The van der Waals surface area contributed by atoms with Crippen LogP contribution in [0, 0.1) is 0 Å². The van der Waals surface area contributed by atoms with Gasteiger partial charge in [0.15, 0.2) is 5.82 Å². The summed E-state index contributed by atoms with van der Waals surface area (Å²) in [4.78, 5) is 4.07. The van der Waals surface area contributed by atoms with Crippen LogP contribution in [0.5, 0.6) is 0 Å². The van der Waals surface area contributed by atoms with E-state index in [0.717, 1.165) is 31.2 Å². The lowest BCUT2D eigenvalue weighted by Crippen LogP contribution is -2.35. The number of hydrogen-bond donors (Lipinski definition) is 1. The first-order valence-electron chi connectivity index (χ1n) is 6.95. The first-order chi connectivity index (χ1) is 9.40. The van der Waals surface area contributed by atoms with E-state index in [-0.39, 0.29) is 6.04 Å². The fraction of sp³-hybridized carbons (Fsp3) is 0.500. The van der Waals surface area contributed by atoms with Crippen LogP contribution in [0.15, 0.2) is 24.5 Å². The van der Waals surface area contributed by atoms with Crippen molar-refractivity contribution in [2.75, 3.05) is 6.54 Å². The molecule has 3 rings (SSSR count). The second kappa shape index (κ2) is 5.48. The number of pyridine rings is 1. The van der Waals surface area contributed by atoms with E-state index in [2.05, 4.69) is 32.0 Å². The van der Waals surface area contributed by atoms with Gasteiger partial charge in [-0.15, -0.1) is 10.2 Å². The molecule has 0 spiro atoms. The van der Waals surface area contributed by atoms with Gasteiger partial charge in [-0.05, 0) is 24.1 Å². The van der Waals surface area contributed by atoms with Gasteiger partial charge in [0.05, 0.1) is 6.04 Å². The number of aromatic nitrogens is 4. The number of hydrogen-bond acceptors (Lipinski definition) is 4. The van der Waals surface area contributed by atoms with E-state index in [1.165, 1.54) is 18.4 Å². The molecule has 0 aromatic carbocycles. The normalized spacial score (nSPS) is 18.3. The molecule has 19 heavy (non-hydrogen) atoms. The summed E-state index contributed by atoms with van der Waals surface area (Å²) in [7, 11) is 0. The van der Waals surface area contributed by atoms with Crippen molar-refractivity contribution < 1.29 is 0 Å². The van der Waals surface area contributed by atoms with Crippen molar-refractivity contribution in [3.8, 4) is 0 Å². The Labute approximate surface area is 113 Å². The van der Waals surface area contributed by atoms with Crippen LogP contribution >= 0.6 is 0 Å². The van der Waals surface area contributed by atoms with E-state index in [4.69, 9.17) is 0 Å². The molecule has 0 bridgehead atoms. The third-order valence-corrected chi connectivity index (χ3v) is 3.59. The van der Waals surface area contributed by atoms with E-state index in [1.54, 1.807) is 0 Å². The zero-order valence-electron chi connectivity index (χ0n) is 11.2. The van der Waals surface area contributed by atoms with Crippen LogP contribution in [0.4, 0.5) is 0 Å². The summed E-state index contributed by atoms with van der Waals surface area (Å²) >= 11 is 0. The fourth-order valence-corrected chi connectivity index (χ4v) is 2.56. The van der Waals surface area contributed by atoms with Crippen molar-refractivity contribution in [3.05, 3.63) is 41.7 Å². The van der Waals surface area contributed by atoms with Gasteiger partial charge in [-0.2, -0.15) is 0 Å². The van der Waals surface area contributed by atoms with Gasteiger partial charge in [0.25, 0.3) is 0 Å². The molecule has 1 aliphatic rings. The van der Waals surface area contributed by atoms with E-state index in [9.17, 15) is 0 Å². The lowest BCUT2D eigenvalue weighted by Gasteiger charge is -2.25. The van der Waals surface area contributed by atoms with Crippen molar-refractivity contribution in [2.24, 2.45) is 0 Å². The molecule has 2 aromatic heterocycles. The van der Waals surface area contributed by atoms with E-state index >= 15 is 0 Å². The molecule has 1 aliphatic heterocycles. The van der Waals surface area contributed by atoms with Gasteiger partial charge in [-0.25, -0.2) is 0 Å². The van der Waals surface area contributed by atoms with Crippen LogP contribution in [0.25, 0.3) is 0 Å². The Balaban J connectivity index is 1.91. The summed E-state index contributed by atoms with van der Waals surface area (Å²) in [6.45, 7) is 4.12. The molecule has 5 nitrogen and oxygen atoms in total. The number of aryl methyl sites for hydroxylation is 1. The predicted octanol–water partition coefficient (Wildman–Crippen LogP) is 1.71. The molecule has 2 aromatic rings. The summed E-state index contributed by atoms with van der Waals surface area (Å²) in [6, 6.07) is 4.21. The van der Waals surface area contributed by atoms with E-state index < -0.39 is 0 Å². The zero-order valence-corrected chi connectivity index (χ0v) is 11.2. The predicted molar refractivity (Wildman–Crippen MR) is 72.7 cm³/mol. The number of fused-ring (bicyclic) bond motifs is 1. The molecule has 0 saturated heterocycles. The second-order valence-corrected chi connectivity index (χ2v) is 4.90. The molecule has 1 atom stereocenters. The van der Waals surface area contributed by atoms with Gasteiger partial charge in [0.2, 0.25) is 0 Å². The maximum absolute atomic E-state index is 4.40. The third kappa shape index (κ3) is 2.38. The second-order valence-electron chi connectivity index (χ2n) is 4.90. The molecule has 0 fully saturated rings. The number of unbranched alkanes of at least 4 members (excludes halogenated alkanes) is 1. The van der Waals surface area contributed by atoms with Gasteiger partial charge in [0, 0.05) is 31.9 Å². The van der Waals surface area contributed by atoms with Crippen molar-refractivity contribution in [1.29, 1.82) is 0 Å². The smallest absolute Gasteiger partial charge is 0.154 e. The Bertz CT molecular complexity index is 534. The lowest BCUT2D eigenvalue weighted by molar-refractivity contribution is 0.445. The number of nitrogens with one attached hydrogen (secondary N) is 1. The molecule has 0 amide bonds. The summed E-state index contributed by atoms with van der Waals surface area (Å²) in [6.07, 6.45) is 7.03. The van der Waals surface area contributed by atoms with Crippen LogP contribution in [0.2, 0.25) is 0 Å². The molecule has 0 radical (unpaired) electrons. The Morgan fingerprint density at radius 2 is 2.16 bits per heavy atom. The molecule has 5 heteroatoms. The molecule has 1 unspecified atom stereocenters. The van der Waals surface area contributed by atoms with Gasteiger partial charge >= 0.3 is 0 Å². The molecular weight excluding hydrogens is 238 g/mol. The SMILES string of the molecule is CCCCc1nnc2n1CCNC2c1ccncc1. The van der Waals surface area contributed by atoms with Crippen LogP contribution in [-0.2, 0) is 13.0 Å².